The number of nitrogens with two attached hydrogens (primary N) is 1. The van der Waals surface area contributed by atoms with Crippen LogP contribution in [-0.4, -0.2) is 25.3 Å². The summed E-state index contributed by atoms with van der Waals surface area (Å²) in [6.07, 6.45) is 2.75. The van der Waals surface area contributed by atoms with Gasteiger partial charge in [0.15, 0.2) is 0 Å². The maximum absolute atomic E-state index is 13.0. The van der Waals surface area contributed by atoms with Crippen molar-refractivity contribution in [2.24, 2.45) is 0 Å². The molecule has 0 aromatic heterocycles. The van der Waals surface area contributed by atoms with E-state index < -0.39 is 0 Å². The van der Waals surface area contributed by atoms with Crippen molar-refractivity contribution in [3.05, 3.63) is 24.0 Å². The molecular formula is C12H19FN2O. The standard InChI is InChI=1S/C12H19FN2O/c1-15(7-3-2-4-8-16)12-9-10(13)5-6-11(12)14/h5-6,9,16H,2-4,7-8,14H2,1H3. The first-order chi connectivity index (χ1) is 7.65. The van der Waals surface area contributed by atoms with Gasteiger partial charge in [0.05, 0.1) is 11.4 Å². The lowest BCUT2D eigenvalue weighted by Crippen LogP contribution is -2.20. The Labute approximate surface area is 95.7 Å². The zero-order valence-electron chi connectivity index (χ0n) is 9.62. The number of benzene rings is 1. The van der Waals surface area contributed by atoms with Crippen LogP contribution in [0.4, 0.5) is 15.8 Å². The smallest absolute Gasteiger partial charge is 0.125 e. The van der Waals surface area contributed by atoms with Crippen molar-refractivity contribution in [3.8, 4) is 0 Å². The van der Waals surface area contributed by atoms with Gasteiger partial charge >= 0.3 is 0 Å². The molecule has 0 atom stereocenters. The average molecular weight is 226 g/mol. The van der Waals surface area contributed by atoms with Gasteiger partial charge in [0.25, 0.3) is 0 Å². The fourth-order valence-electron chi connectivity index (χ4n) is 1.61. The van der Waals surface area contributed by atoms with E-state index >= 15 is 0 Å². The molecule has 0 saturated carbocycles. The highest BCUT2D eigenvalue weighted by Gasteiger charge is 2.06. The summed E-state index contributed by atoms with van der Waals surface area (Å²) in [7, 11) is 1.89. The molecule has 0 aliphatic rings. The van der Waals surface area contributed by atoms with E-state index in [0.717, 1.165) is 31.5 Å². The molecule has 0 heterocycles. The van der Waals surface area contributed by atoms with Gasteiger partial charge in [-0.3, -0.25) is 0 Å². The van der Waals surface area contributed by atoms with Crippen molar-refractivity contribution in [1.82, 2.24) is 0 Å². The third kappa shape index (κ3) is 3.70. The van der Waals surface area contributed by atoms with Gasteiger partial charge in [0.1, 0.15) is 5.82 Å². The molecule has 0 aliphatic heterocycles. The van der Waals surface area contributed by atoms with Crippen LogP contribution in [0.1, 0.15) is 19.3 Å². The number of hydrogen-bond donors (Lipinski definition) is 2. The van der Waals surface area contributed by atoms with Gasteiger partial charge in [-0.1, -0.05) is 0 Å². The Morgan fingerprint density at radius 1 is 1.31 bits per heavy atom. The molecule has 0 bridgehead atoms. The molecule has 16 heavy (non-hydrogen) atoms. The summed E-state index contributed by atoms with van der Waals surface area (Å²) in [6.45, 7) is 1.04. The lowest BCUT2D eigenvalue weighted by atomic mass is 10.2. The summed E-state index contributed by atoms with van der Waals surface area (Å²) in [5.41, 5.74) is 7.09. The molecule has 1 rings (SSSR count). The fraction of sp³-hybridized carbons (Fsp3) is 0.500. The molecule has 1 aromatic carbocycles. The van der Waals surface area contributed by atoms with Gasteiger partial charge in [-0.25, -0.2) is 4.39 Å². The first-order valence-corrected chi connectivity index (χ1v) is 5.52. The highest BCUT2D eigenvalue weighted by atomic mass is 19.1. The highest BCUT2D eigenvalue weighted by Crippen LogP contribution is 2.23. The fourth-order valence-corrected chi connectivity index (χ4v) is 1.61. The Kier molecular flexibility index (Phi) is 5.05. The minimum absolute atomic E-state index is 0.228. The van der Waals surface area contributed by atoms with E-state index in [4.69, 9.17) is 10.8 Å². The van der Waals surface area contributed by atoms with Crippen molar-refractivity contribution in [1.29, 1.82) is 0 Å². The van der Waals surface area contributed by atoms with Crippen LogP contribution >= 0.6 is 0 Å². The SMILES string of the molecule is CN(CCCCCO)c1cc(F)ccc1N. The zero-order valence-corrected chi connectivity index (χ0v) is 9.62. The van der Waals surface area contributed by atoms with Crippen molar-refractivity contribution in [2.45, 2.75) is 19.3 Å². The normalized spacial score (nSPS) is 10.4. The van der Waals surface area contributed by atoms with Gasteiger partial charge in [0, 0.05) is 20.2 Å². The van der Waals surface area contributed by atoms with Crippen molar-refractivity contribution >= 4 is 11.4 Å². The van der Waals surface area contributed by atoms with Crippen LogP contribution in [0.5, 0.6) is 0 Å². The second-order valence-electron chi connectivity index (χ2n) is 3.91. The second-order valence-corrected chi connectivity index (χ2v) is 3.91. The topological polar surface area (TPSA) is 49.5 Å². The van der Waals surface area contributed by atoms with E-state index in [2.05, 4.69) is 0 Å². The number of aliphatic hydroxyl groups is 1. The molecule has 90 valence electrons. The van der Waals surface area contributed by atoms with Crippen LogP contribution in [0.15, 0.2) is 18.2 Å². The molecule has 0 radical (unpaired) electrons. The number of nitrogens with zero attached hydrogens (tertiary/aromatic N) is 1. The largest absolute Gasteiger partial charge is 0.397 e. The zero-order chi connectivity index (χ0) is 12.0. The summed E-state index contributed by atoms with van der Waals surface area (Å²) in [5.74, 6) is -0.272. The van der Waals surface area contributed by atoms with Crippen molar-refractivity contribution in [3.63, 3.8) is 0 Å². The summed E-state index contributed by atoms with van der Waals surface area (Å²) in [4.78, 5) is 1.94. The van der Waals surface area contributed by atoms with Crippen LogP contribution in [0, 0.1) is 5.82 Å². The molecule has 0 fully saturated rings. The van der Waals surface area contributed by atoms with E-state index in [1.807, 2.05) is 11.9 Å². The number of hydrogen-bond acceptors (Lipinski definition) is 3. The Balaban J connectivity index is 2.51. The number of rotatable bonds is 6. The van der Waals surface area contributed by atoms with E-state index in [1.165, 1.54) is 12.1 Å². The summed E-state index contributed by atoms with van der Waals surface area (Å²) >= 11 is 0. The molecule has 0 amide bonds. The molecule has 0 spiro atoms. The number of nitrogen functional groups attached to an aromatic ring is 1. The summed E-state index contributed by atoms with van der Waals surface area (Å²) in [5, 5.41) is 8.65. The Bertz CT molecular complexity index is 331. The quantitative estimate of drug-likeness (QED) is 0.576. The molecule has 3 nitrogen and oxygen atoms in total. The Morgan fingerprint density at radius 3 is 2.75 bits per heavy atom. The van der Waals surface area contributed by atoms with Gasteiger partial charge in [0.2, 0.25) is 0 Å². The third-order valence-electron chi connectivity index (χ3n) is 2.56. The van der Waals surface area contributed by atoms with E-state index in [-0.39, 0.29) is 12.4 Å². The first-order valence-electron chi connectivity index (χ1n) is 5.52. The summed E-state index contributed by atoms with van der Waals surface area (Å²) < 4.78 is 13.0. The van der Waals surface area contributed by atoms with Crippen LogP contribution in [-0.2, 0) is 0 Å². The number of unbranched alkanes of at least 4 members (excludes halogenated alkanes) is 2. The number of aliphatic hydroxyl groups excluding tert-OH is 1. The minimum Gasteiger partial charge on any atom is -0.397 e. The van der Waals surface area contributed by atoms with Crippen LogP contribution in [0.3, 0.4) is 0 Å². The Hall–Kier alpha value is -1.29. The first kappa shape index (κ1) is 12.8. The van der Waals surface area contributed by atoms with Crippen molar-refractivity contribution in [2.75, 3.05) is 30.8 Å². The molecule has 0 saturated heterocycles. The lowest BCUT2D eigenvalue weighted by Gasteiger charge is -2.21. The van der Waals surface area contributed by atoms with Crippen LogP contribution in [0.2, 0.25) is 0 Å². The van der Waals surface area contributed by atoms with Crippen molar-refractivity contribution < 1.29 is 9.50 Å². The lowest BCUT2D eigenvalue weighted by molar-refractivity contribution is 0.283. The second kappa shape index (κ2) is 6.33. The monoisotopic (exact) mass is 226 g/mol. The number of halogens is 1. The number of anilines is 2. The maximum atomic E-state index is 13.0. The summed E-state index contributed by atoms with van der Waals surface area (Å²) in [6, 6.07) is 4.38. The molecule has 3 N–H and O–H groups in total. The van der Waals surface area contributed by atoms with E-state index in [9.17, 15) is 4.39 Å². The minimum atomic E-state index is -0.272. The van der Waals surface area contributed by atoms with Crippen LogP contribution in [0.25, 0.3) is 0 Å². The maximum Gasteiger partial charge on any atom is 0.125 e. The van der Waals surface area contributed by atoms with Gasteiger partial charge < -0.3 is 15.7 Å². The predicted molar refractivity (Wildman–Crippen MR) is 65.0 cm³/mol. The van der Waals surface area contributed by atoms with Gasteiger partial charge in [-0.05, 0) is 37.5 Å². The van der Waals surface area contributed by atoms with Crippen LogP contribution < -0.4 is 10.6 Å². The predicted octanol–water partition coefficient (Wildman–Crippen LogP) is 2.01. The van der Waals surface area contributed by atoms with Gasteiger partial charge in [-0.2, -0.15) is 0 Å². The molecule has 1 aromatic rings. The molecular weight excluding hydrogens is 207 g/mol. The highest BCUT2D eigenvalue weighted by molar-refractivity contribution is 5.67. The Morgan fingerprint density at radius 2 is 2.06 bits per heavy atom. The average Bonchev–Trinajstić information content (AvgIpc) is 2.27. The molecule has 0 unspecified atom stereocenters. The van der Waals surface area contributed by atoms with E-state index in [1.54, 1.807) is 6.07 Å². The van der Waals surface area contributed by atoms with E-state index in [0.29, 0.717) is 5.69 Å². The van der Waals surface area contributed by atoms with Gasteiger partial charge in [-0.15, -0.1) is 0 Å². The molecule has 4 heteroatoms. The molecule has 0 aliphatic carbocycles. The third-order valence-corrected chi connectivity index (χ3v) is 2.56.